The van der Waals surface area contributed by atoms with Gasteiger partial charge in [-0.3, -0.25) is 0 Å². The first-order chi connectivity index (χ1) is 14.4. The third-order valence-electron chi connectivity index (χ3n) is 3.57. The van der Waals surface area contributed by atoms with Gasteiger partial charge < -0.3 is 30.4 Å². The first-order valence-electron chi connectivity index (χ1n) is 7.92. The van der Waals surface area contributed by atoms with Crippen LogP contribution in [0.5, 0.6) is 5.75 Å². The number of halogens is 1. The molecule has 0 unspecified atom stereocenters. The SMILES string of the molecule is Cc1cc(/C=N/n2c([S-])nnc2CS)c(O)c(/C=N/n2c([S-])nnc2CS)c1.[Cl][Cu+].[Cu+]. The molecule has 0 spiro atoms. The Balaban J connectivity index is 0.00000156. The molecule has 0 saturated carbocycles. The van der Waals surface area contributed by atoms with E-state index in [1.807, 2.05) is 6.92 Å². The van der Waals surface area contributed by atoms with Gasteiger partial charge in [0.2, 0.25) is 0 Å². The molecule has 0 aliphatic rings. The maximum absolute atomic E-state index is 10.6. The van der Waals surface area contributed by atoms with Gasteiger partial charge in [0, 0.05) is 21.4 Å². The quantitative estimate of drug-likeness (QED) is 0.169. The van der Waals surface area contributed by atoms with E-state index in [1.54, 1.807) is 12.1 Å². The van der Waals surface area contributed by atoms with Gasteiger partial charge in [-0.1, -0.05) is 0 Å². The van der Waals surface area contributed by atoms with Gasteiger partial charge in [-0.2, -0.15) is 45.7 Å². The van der Waals surface area contributed by atoms with Crippen LogP contribution in [0.3, 0.4) is 0 Å². The summed E-state index contributed by atoms with van der Waals surface area (Å²) in [4.78, 5) is 0. The number of aromatic hydroxyl groups is 1. The first-order valence-corrected chi connectivity index (χ1v) is 11.3. The van der Waals surface area contributed by atoms with Crippen molar-refractivity contribution < 1.29 is 37.3 Å². The van der Waals surface area contributed by atoms with E-state index in [9.17, 15) is 5.11 Å². The van der Waals surface area contributed by atoms with E-state index < -0.39 is 0 Å². The average molecular weight is 613 g/mol. The molecular formula is C15H14ClCu2N8OS4. The Morgan fingerprint density at radius 1 is 0.968 bits per heavy atom. The van der Waals surface area contributed by atoms with E-state index in [0.29, 0.717) is 34.3 Å². The second-order valence-corrected chi connectivity index (χ2v) is 6.88. The second-order valence-electron chi connectivity index (χ2n) is 5.52. The summed E-state index contributed by atoms with van der Waals surface area (Å²) < 4.78 is 2.77. The molecule has 9 nitrogen and oxygen atoms in total. The summed E-state index contributed by atoms with van der Waals surface area (Å²) in [6.07, 6.45) is 2.95. The van der Waals surface area contributed by atoms with E-state index >= 15 is 0 Å². The van der Waals surface area contributed by atoms with Gasteiger partial charge in [0.1, 0.15) is 5.75 Å². The van der Waals surface area contributed by atoms with Gasteiger partial charge >= 0.3 is 42.3 Å². The van der Waals surface area contributed by atoms with Crippen molar-refractivity contribution in [2.24, 2.45) is 10.2 Å². The fourth-order valence-corrected chi connectivity index (χ4v) is 3.07. The molecule has 3 rings (SSSR count). The number of rotatable bonds is 6. The monoisotopic (exact) mass is 611 g/mol. The van der Waals surface area contributed by atoms with Crippen LogP contribution in [0.25, 0.3) is 0 Å². The van der Waals surface area contributed by atoms with Crippen LogP contribution in [0.15, 0.2) is 32.6 Å². The van der Waals surface area contributed by atoms with Crippen LogP contribution in [-0.2, 0) is 68.9 Å². The molecule has 2 heterocycles. The number of nitrogens with zero attached hydrogens (tertiary/aromatic N) is 8. The number of thiol groups is 2. The van der Waals surface area contributed by atoms with Crippen molar-refractivity contribution in [3.05, 3.63) is 40.5 Å². The Morgan fingerprint density at radius 2 is 1.35 bits per heavy atom. The predicted molar refractivity (Wildman–Crippen MR) is 121 cm³/mol. The van der Waals surface area contributed by atoms with Crippen molar-refractivity contribution >= 4 is 73.0 Å². The van der Waals surface area contributed by atoms with Gasteiger partial charge in [-0.05, 0) is 24.6 Å². The molecule has 2 aromatic heterocycles. The Labute approximate surface area is 223 Å². The molecule has 0 aliphatic heterocycles. The van der Waals surface area contributed by atoms with Gasteiger partial charge in [0.15, 0.2) is 11.6 Å². The van der Waals surface area contributed by atoms with Crippen LogP contribution in [0.2, 0.25) is 0 Å². The number of aryl methyl sites for hydroxylation is 1. The number of aromatic nitrogens is 6. The van der Waals surface area contributed by atoms with Crippen molar-refractivity contribution in [2.45, 2.75) is 28.7 Å². The molecule has 3 aromatic rings. The molecule has 16 heteroatoms. The molecule has 0 amide bonds. The van der Waals surface area contributed by atoms with E-state index in [1.165, 1.54) is 21.8 Å². The van der Waals surface area contributed by atoms with Crippen LogP contribution >= 0.6 is 35.4 Å². The summed E-state index contributed by atoms with van der Waals surface area (Å²) in [6, 6.07) is 3.56. The number of phenols is 1. The Kier molecular flexibility index (Phi) is 12.4. The minimum atomic E-state index is -0.00377. The molecule has 1 N–H and O–H groups in total. The summed E-state index contributed by atoms with van der Waals surface area (Å²) in [7, 11) is 4.20. The van der Waals surface area contributed by atoms with Gasteiger partial charge in [-0.15, -0.1) is 10.2 Å². The number of benzene rings is 1. The Hall–Kier alpha value is -0.891. The first kappa shape index (κ1) is 28.1. The Bertz CT molecular complexity index is 996. The molecular weight excluding hydrogens is 599 g/mol. The average Bonchev–Trinajstić information content (AvgIpc) is 3.30. The predicted octanol–water partition coefficient (Wildman–Crippen LogP) is 2.00. The third-order valence-corrected chi connectivity index (χ3v) is 4.65. The summed E-state index contributed by atoms with van der Waals surface area (Å²) in [6.45, 7) is 1.89. The van der Waals surface area contributed by atoms with Crippen LogP contribution < -0.4 is 0 Å². The second kappa shape index (κ2) is 13.6. The third kappa shape index (κ3) is 7.04. The van der Waals surface area contributed by atoms with Crippen LogP contribution in [-0.4, -0.2) is 47.3 Å². The van der Waals surface area contributed by atoms with Crippen LogP contribution in [0, 0.1) is 6.92 Å². The minimum Gasteiger partial charge on any atom is 1.00 e. The fourth-order valence-electron chi connectivity index (χ4n) is 2.29. The summed E-state index contributed by atoms with van der Waals surface area (Å²) in [5, 5.41) is 34.9. The minimum absolute atomic E-state index is 0. The number of hydrogen-bond acceptors (Lipinski definition) is 11. The van der Waals surface area contributed by atoms with E-state index in [2.05, 4.69) is 81.1 Å². The topological polar surface area (TPSA) is 106 Å². The zero-order chi connectivity index (χ0) is 22.3. The standard InChI is InChI=1S/C15H16N8OS4.ClH.2Cu/c1-8-2-9(4-16-22-11(6-25)18-20-14(22)27)13(24)10(3-8)5-17-23-12(7-26)19-21-15(23)28;;;/h2-5,24-26H,6-7H2,1H3,(H,20,27)(H,21,28);1H;;/q;;+1;+2/p-3/b16-4+,17-5+;;;. The van der Waals surface area contributed by atoms with E-state index in [0.717, 1.165) is 5.56 Å². The number of phenolic OH excluding ortho intramolecular Hbond substituents is 1. The Morgan fingerprint density at radius 3 is 1.71 bits per heavy atom. The summed E-state index contributed by atoms with van der Waals surface area (Å²) in [5.41, 5.74) is 1.85. The molecule has 0 saturated heterocycles. The normalized spacial score (nSPS) is 10.9. The molecule has 0 bridgehead atoms. The van der Waals surface area contributed by atoms with Gasteiger partial charge in [0.25, 0.3) is 0 Å². The van der Waals surface area contributed by atoms with Gasteiger partial charge in [0.05, 0.1) is 23.9 Å². The smallest absolute Gasteiger partial charge is 1.00 e. The van der Waals surface area contributed by atoms with Crippen LogP contribution in [0.1, 0.15) is 28.3 Å². The largest absolute Gasteiger partial charge is 1.00 e. The van der Waals surface area contributed by atoms with Crippen LogP contribution in [0.4, 0.5) is 0 Å². The molecule has 0 radical (unpaired) electrons. The molecule has 173 valence electrons. The molecule has 0 fully saturated rings. The summed E-state index contributed by atoms with van der Waals surface area (Å²) in [5.74, 6) is 1.66. The molecule has 1 aromatic carbocycles. The van der Waals surface area contributed by atoms with E-state index in [4.69, 9.17) is 25.3 Å². The summed E-state index contributed by atoms with van der Waals surface area (Å²) >= 11 is 22.2. The maximum atomic E-state index is 10.6. The van der Waals surface area contributed by atoms with Crippen molar-refractivity contribution in [1.29, 1.82) is 0 Å². The van der Waals surface area contributed by atoms with E-state index in [-0.39, 0.29) is 33.1 Å². The maximum Gasteiger partial charge on any atom is 1.00 e. The van der Waals surface area contributed by atoms with Crippen molar-refractivity contribution in [2.75, 3.05) is 0 Å². The molecule has 0 aliphatic carbocycles. The fraction of sp³-hybridized carbons (Fsp3) is 0.200. The zero-order valence-corrected chi connectivity index (χ0v) is 21.5. The number of hydrogen-bond donors (Lipinski definition) is 3. The zero-order valence-electron chi connectivity index (χ0n) is 15.4. The molecule has 31 heavy (non-hydrogen) atoms. The molecule has 0 atom stereocenters. The van der Waals surface area contributed by atoms with Crippen molar-refractivity contribution in [3.8, 4) is 5.75 Å². The van der Waals surface area contributed by atoms with Crippen molar-refractivity contribution in [1.82, 2.24) is 29.7 Å². The van der Waals surface area contributed by atoms with Gasteiger partial charge in [-0.25, -0.2) is 9.35 Å². The van der Waals surface area contributed by atoms with Crippen molar-refractivity contribution in [3.63, 3.8) is 0 Å².